The second-order valence-corrected chi connectivity index (χ2v) is 12.4. The van der Waals surface area contributed by atoms with Gasteiger partial charge in [0.05, 0.1) is 24.4 Å². The summed E-state index contributed by atoms with van der Waals surface area (Å²) in [4.78, 5) is 0. The van der Waals surface area contributed by atoms with Crippen LogP contribution in [-0.4, -0.2) is 34.1 Å². The first-order chi connectivity index (χ1) is 17.0. The summed E-state index contributed by atoms with van der Waals surface area (Å²) in [5.74, 6) is 1.71. The second kappa shape index (κ2) is 10.9. The van der Waals surface area contributed by atoms with Crippen LogP contribution in [0.5, 0.6) is 0 Å². The SMILES string of the molecule is C=C1/C(=C/C=C2/CCC[C@@]3(C)[C@@H]2CC[C@@H]3[C@@H](C)COCc2cccc(C(C)(C)O)c2)C[C@@H](O)C[C@@H]1O. The smallest absolute Gasteiger partial charge is 0.0840 e. The summed E-state index contributed by atoms with van der Waals surface area (Å²) in [7, 11) is 0. The first kappa shape index (κ1) is 27.3. The zero-order valence-corrected chi connectivity index (χ0v) is 22.7. The van der Waals surface area contributed by atoms with Crippen molar-refractivity contribution >= 4 is 0 Å². The fraction of sp³-hybridized carbons (Fsp3) is 0.625. The van der Waals surface area contributed by atoms with Gasteiger partial charge in [0.15, 0.2) is 0 Å². The van der Waals surface area contributed by atoms with Gasteiger partial charge < -0.3 is 20.1 Å². The number of fused-ring (bicyclic) bond motifs is 1. The summed E-state index contributed by atoms with van der Waals surface area (Å²) in [6.45, 7) is 13.9. The molecule has 0 aliphatic heterocycles. The fourth-order valence-electron chi connectivity index (χ4n) is 7.20. The first-order valence-electron chi connectivity index (χ1n) is 13.8. The zero-order valence-electron chi connectivity index (χ0n) is 22.7. The molecule has 4 nitrogen and oxygen atoms in total. The van der Waals surface area contributed by atoms with Crippen LogP contribution in [-0.2, 0) is 16.9 Å². The Morgan fingerprint density at radius 3 is 2.75 bits per heavy atom. The second-order valence-electron chi connectivity index (χ2n) is 12.4. The molecule has 3 N–H and O–H groups in total. The van der Waals surface area contributed by atoms with E-state index in [1.54, 1.807) is 0 Å². The lowest BCUT2D eigenvalue weighted by molar-refractivity contribution is 0.0275. The van der Waals surface area contributed by atoms with Crippen molar-refractivity contribution < 1.29 is 20.1 Å². The van der Waals surface area contributed by atoms with Gasteiger partial charge in [-0.05, 0) is 97.8 Å². The van der Waals surface area contributed by atoms with Gasteiger partial charge in [0.25, 0.3) is 0 Å². The van der Waals surface area contributed by atoms with E-state index >= 15 is 0 Å². The van der Waals surface area contributed by atoms with Gasteiger partial charge in [0.1, 0.15) is 0 Å². The van der Waals surface area contributed by atoms with Gasteiger partial charge in [-0.1, -0.05) is 62.4 Å². The molecule has 0 aromatic heterocycles. The van der Waals surface area contributed by atoms with Gasteiger partial charge in [0.2, 0.25) is 0 Å². The molecular weight excluding hydrogens is 448 g/mol. The van der Waals surface area contributed by atoms with Crippen LogP contribution in [0, 0.1) is 23.2 Å². The molecule has 3 saturated carbocycles. The molecule has 3 aliphatic rings. The van der Waals surface area contributed by atoms with Crippen molar-refractivity contribution in [3.8, 4) is 0 Å². The van der Waals surface area contributed by atoms with Crippen molar-refractivity contribution in [1.82, 2.24) is 0 Å². The molecule has 198 valence electrons. The van der Waals surface area contributed by atoms with E-state index in [-0.39, 0.29) is 5.41 Å². The lowest BCUT2D eigenvalue weighted by atomic mass is 9.61. The van der Waals surface area contributed by atoms with E-state index in [2.05, 4.69) is 38.6 Å². The Balaban J connectivity index is 1.39. The van der Waals surface area contributed by atoms with Crippen LogP contribution in [0.1, 0.15) is 83.8 Å². The largest absolute Gasteiger partial charge is 0.393 e. The minimum atomic E-state index is -0.845. The monoisotopic (exact) mass is 494 g/mol. The van der Waals surface area contributed by atoms with E-state index in [0.717, 1.165) is 35.3 Å². The predicted octanol–water partition coefficient (Wildman–Crippen LogP) is 6.21. The number of hydrogen-bond acceptors (Lipinski definition) is 4. The Morgan fingerprint density at radius 1 is 1.22 bits per heavy atom. The van der Waals surface area contributed by atoms with Gasteiger partial charge in [-0.3, -0.25) is 0 Å². The molecule has 36 heavy (non-hydrogen) atoms. The number of aliphatic hydroxyl groups excluding tert-OH is 2. The predicted molar refractivity (Wildman–Crippen MR) is 145 cm³/mol. The molecule has 1 aromatic rings. The normalized spacial score (nSPS) is 34.2. The molecule has 0 unspecified atom stereocenters. The van der Waals surface area contributed by atoms with Gasteiger partial charge in [0, 0.05) is 13.0 Å². The molecule has 6 atom stereocenters. The Morgan fingerprint density at radius 2 is 2.00 bits per heavy atom. The number of ether oxygens (including phenoxy) is 1. The molecule has 3 fully saturated rings. The molecule has 0 saturated heterocycles. The highest BCUT2D eigenvalue weighted by atomic mass is 16.5. The third-order valence-electron chi connectivity index (χ3n) is 9.27. The summed E-state index contributed by atoms with van der Waals surface area (Å²) in [6.07, 6.45) is 10.3. The Labute approximate surface area is 217 Å². The standard InChI is InChI=1S/C32H46O4/c1-21(19-36-20-23-8-6-10-26(16-23)31(3,4)35)28-13-14-29-24(9-7-15-32(28,29)5)11-12-25-17-27(33)18-30(34)22(25)2/h6,8,10-12,16,21,27-30,33-35H,2,7,9,13-15,17-20H2,1,3-5H3/b24-11-,25-12+/t21-,27+,28+,29+,30-,32+/m0/s1. The Bertz CT molecular complexity index is 1000. The number of benzene rings is 1. The molecule has 0 amide bonds. The molecule has 3 aliphatic carbocycles. The van der Waals surface area contributed by atoms with Crippen molar-refractivity contribution in [1.29, 1.82) is 0 Å². The van der Waals surface area contributed by atoms with Gasteiger partial charge in [-0.15, -0.1) is 0 Å². The van der Waals surface area contributed by atoms with Gasteiger partial charge >= 0.3 is 0 Å². The lowest BCUT2D eigenvalue weighted by Gasteiger charge is -2.44. The van der Waals surface area contributed by atoms with E-state index in [1.807, 2.05) is 32.0 Å². The summed E-state index contributed by atoms with van der Waals surface area (Å²) in [5, 5.41) is 30.6. The molecule has 1 aromatic carbocycles. The molecule has 0 radical (unpaired) electrons. The number of allylic oxidation sites excluding steroid dienone is 3. The van der Waals surface area contributed by atoms with Crippen LogP contribution in [0.3, 0.4) is 0 Å². The molecule has 0 spiro atoms. The maximum atomic E-state index is 10.3. The van der Waals surface area contributed by atoms with Gasteiger partial charge in [-0.25, -0.2) is 0 Å². The average Bonchev–Trinajstić information content (AvgIpc) is 3.17. The van der Waals surface area contributed by atoms with Crippen molar-refractivity contribution in [2.24, 2.45) is 23.2 Å². The summed E-state index contributed by atoms with van der Waals surface area (Å²) >= 11 is 0. The van der Waals surface area contributed by atoms with Crippen LogP contribution < -0.4 is 0 Å². The zero-order chi connectivity index (χ0) is 26.1. The number of rotatable bonds is 7. The number of hydrogen-bond donors (Lipinski definition) is 3. The van der Waals surface area contributed by atoms with Crippen LogP contribution in [0.25, 0.3) is 0 Å². The average molecular weight is 495 g/mol. The van der Waals surface area contributed by atoms with Crippen molar-refractivity contribution in [2.75, 3.05) is 6.61 Å². The highest BCUT2D eigenvalue weighted by molar-refractivity contribution is 5.38. The van der Waals surface area contributed by atoms with E-state index in [0.29, 0.717) is 37.2 Å². The van der Waals surface area contributed by atoms with Crippen molar-refractivity contribution in [3.05, 3.63) is 70.8 Å². The minimum absolute atomic E-state index is 0.287. The molecule has 0 bridgehead atoms. The molecule has 4 rings (SSSR count). The third-order valence-corrected chi connectivity index (χ3v) is 9.27. The fourth-order valence-corrected chi connectivity index (χ4v) is 7.20. The highest BCUT2D eigenvalue weighted by Gasteiger charge is 2.50. The first-order valence-corrected chi connectivity index (χ1v) is 13.8. The van der Waals surface area contributed by atoms with Crippen molar-refractivity contribution in [3.63, 3.8) is 0 Å². The lowest BCUT2D eigenvalue weighted by Crippen LogP contribution is -2.37. The molecule has 0 heterocycles. The maximum Gasteiger partial charge on any atom is 0.0840 e. The highest BCUT2D eigenvalue weighted by Crippen LogP contribution is 2.59. The van der Waals surface area contributed by atoms with E-state index in [4.69, 9.17) is 4.74 Å². The van der Waals surface area contributed by atoms with Crippen LogP contribution in [0.2, 0.25) is 0 Å². The van der Waals surface area contributed by atoms with Gasteiger partial charge in [-0.2, -0.15) is 0 Å². The summed E-state index contributed by atoms with van der Waals surface area (Å²) in [5.41, 5.74) is 4.74. The number of aliphatic hydroxyl groups is 3. The van der Waals surface area contributed by atoms with Crippen LogP contribution in [0.15, 0.2) is 59.7 Å². The third kappa shape index (κ3) is 5.88. The van der Waals surface area contributed by atoms with E-state index < -0.39 is 17.8 Å². The molecular formula is C32H46O4. The van der Waals surface area contributed by atoms with E-state index in [1.165, 1.54) is 31.3 Å². The Hall–Kier alpha value is -1.72. The summed E-state index contributed by atoms with van der Waals surface area (Å²) in [6, 6.07) is 8.07. The quantitative estimate of drug-likeness (QED) is 0.422. The summed E-state index contributed by atoms with van der Waals surface area (Å²) < 4.78 is 6.21. The van der Waals surface area contributed by atoms with Crippen LogP contribution in [0.4, 0.5) is 0 Å². The van der Waals surface area contributed by atoms with Crippen molar-refractivity contribution in [2.45, 2.75) is 97.1 Å². The minimum Gasteiger partial charge on any atom is -0.393 e. The molecule has 4 heteroatoms. The Kier molecular flexibility index (Phi) is 8.31. The maximum absolute atomic E-state index is 10.3. The topological polar surface area (TPSA) is 69.9 Å². The van der Waals surface area contributed by atoms with E-state index in [9.17, 15) is 15.3 Å². The van der Waals surface area contributed by atoms with Crippen LogP contribution >= 0.6 is 0 Å².